The summed E-state index contributed by atoms with van der Waals surface area (Å²) >= 11 is 0. The monoisotopic (exact) mass is 265 g/mol. The molecule has 2 unspecified atom stereocenters. The van der Waals surface area contributed by atoms with Crippen molar-refractivity contribution in [2.75, 3.05) is 13.2 Å². The lowest BCUT2D eigenvalue weighted by Gasteiger charge is -2.30. The molecule has 0 aromatic carbocycles. The van der Waals surface area contributed by atoms with Gasteiger partial charge in [0.2, 0.25) is 0 Å². The van der Waals surface area contributed by atoms with E-state index in [1.54, 1.807) is 0 Å². The van der Waals surface area contributed by atoms with Gasteiger partial charge in [-0.2, -0.15) is 5.10 Å². The molecule has 4 heteroatoms. The van der Waals surface area contributed by atoms with Crippen LogP contribution in [0.25, 0.3) is 0 Å². The van der Waals surface area contributed by atoms with Crippen molar-refractivity contribution in [1.82, 2.24) is 15.1 Å². The number of rotatable bonds is 6. The predicted octanol–water partition coefficient (Wildman–Crippen LogP) is 2.45. The van der Waals surface area contributed by atoms with Gasteiger partial charge in [-0.1, -0.05) is 13.8 Å². The van der Waals surface area contributed by atoms with Gasteiger partial charge in [-0.05, 0) is 32.1 Å². The molecule has 1 aromatic rings. The maximum Gasteiger partial charge on any atom is 0.0622 e. The van der Waals surface area contributed by atoms with Gasteiger partial charge in [-0.25, -0.2) is 0 Å². The Morgan fingerprint density at radius 2 is 2.32 bits per heavy atom. The highest BCUT2D eigenvalue weighted by Crippen LogP contribution is 2.30. The van der Waals surface area contributed by atoms with Crippen molar-refractivity contribution in [3.05, 3.63) is 17.5 Å². The van der Waals surface area contributed by atoms with Crippen molar-refractivity contribution in [1.29, 1.82) is 0 Å². The molecule has 1 heterocycles. The van der Waals surface area contributed by atoms with E-state index in [0.29, 0.717) is 18.0 Å². The maximum absolute atomic E-state index is 5.61. The van der Waals surface area contributed by atoms with Gasteiger partial charge in [0.15, 0.2) is 0 Å². The average Bonchev–Trinajstić information content (AvgIpc) is 2.77. The molecule has 0 amide bonds. The molecular formula is C15H27N3O. The highest BCUT2D eigenvalue weighted by molar-refractivity contribution is 5.24. The summed E-state index contributed by atoms with van der Waals surface area (Å²) in [6.07, 6.45) is 5.63. The molecule has 0 radical (unpaired) electrons. The van der Waals surface area contributed by atoms with E-state index in [4.69, 9.17) is 4.74 Å². The van der Waals surface area contributed by atoms with E-state index in [-0.39, 0.29) is 0 Å². The Labute approximate surface area is 116 Å². The van der Waals surface area contributed by atoms with E-state index in [1.807, 2.05) is 17.9 Å². The van der Waals surface area contributed by atoms with Crippen LogP contribution >= 0.6 is 0 Å². The van der Waals surface area contributed by atoms with E-state index >= 15 is 0 Å². The normalized spacial score (nSPS) is 20.6. The van der Waals surface area contributed by atoms with Gasteiger partial charge in [0.25, 0.3) is 0 Å². The van der Waals surface area contributed by atoms with Crippen LogP contribution in [0.3, 0.4) is 0 Å². The van der Waals surface area contributed by atoms with Gasteiger partial charge >= 0.3 is 0 Å². The molecule has 0 saturated heterocycles. The summed E-state index contributed by atoms with van der Waals surface area (Å²) in [4.78, 5) is 0. The van der Waals surface area contributed by atoms with Crippen molar-refractivity contribution in [2.45, 2.75) is 52.1 Å². The standard InChI is InChI=1S/C15H27N3O/c1-5-19-10-14(11(2)3)17-13-7-6-8-15-12(13)9-16-18(15)4/h9,11,13-14,17H,5-8,10H2,1-4H3. The number of aromatic nitrogens is 2. The largest absolute Gasteiger partial charge is 0.380 e. The fourth-order valence-electron chi connectivity index (χ4n) is 2.82. The molecule has 2 atom stereocenters. The van der Waals surface area contributed by atoms with Crippen LogP contribution in [-0.4, -0.2) is 29.0 Å². The molecule has 1 N–H and O–H groups in total. The van der Waals surface area contributed by atoms with E-state index in [2.05, 4.69) is 31.2 Å². The van der Waals surface area contributed by atoms with Crippen molar-refractivity contribution >= 4 is 0 Å². The van der Waals surface area contributed by atoms with Crippen molar-refractivity contribution < 1.29 is 4.74 Å². The van der Waals surface area contributed by atoms with E-state index in [0.717, 1.165) is 19.6 Å². The van der Waals surface area contributed by atoms with E-state index in [1.165, 1.54) is 24.1 Å². The van der Waals surface area contributed by atoms with Crippen LogP contribution in [0, 0.1) is 5.92 Å². The van der Waals surface area contributed by atoms with Gasteiger partial charge in [0, 0.05) is 37.0 Å². The first-order valence-electron chi connectivity index (χ1n) is 7.48. The number of nitrogens with zero attached hydrogens (tertiary/aromatic N) is 2. The van der Waals surface area contributed by atoms with Gasteiger partial charge in [-0.3, -0.25) is 4.68 Å². The quantitative estimate of drug-likeness (QED) is 0.858. The third-order valence-corrected chi connectivity index (χ3v) is 4.10. The predicted molar refractivity (Wildman–Crippen MR) is 77.1 cm³/mol. The van der Waals surface area contributed by atoms with Crippen LogP contribution in [0.15, 0.2) is 6.20 Å². The molecule has 0 fully saturated rings. The Bertz CT molecular complexity index is 400. The number of hydrogen-bond acceptors (Lipinski definition) is 3. The summed E-state index contributed by atoms with van der Waals surface area (Å²) in [6, 6.07) is 0.849. The number of hydrogen-bond donors (Lipinski definition) is 1. The highest BCUT2D eigenvalue weighted by Gasteiger charge is 2.26. The Hall–Kier alpha value is -0.870. The second-order valence-corrected chi connectivity index (χ2v) is 5.79. The Morgan fingerprint density at radius 3 is 3.00 bits per heavy atom. The van der Waals surface area contributed by atoms with Gasteiger partial charge < -0.3 is 10.1 Å². The molecule has 0 bridgehead atoms. The minimum Gasteiger partial charge on any atom is -0.380 e. The van der Waals surface area contributed by atoms with Gasteiger partial charge in [0.1, 0.15) is 0 Å². The lowest BCUT2D eigenvalue weighted by molar-refractivity contribution is 0.102. The Balaban J connectivity index is 2.05. The van der Waals surface area contributed by atoms with Crippen molar-refractivity contribution in [2.24, 2.45) is 13.0 Å². The molecule has 1 aliphatic rings. The number of ether oxygens (including phenoxy) is 1. The van der Waals surface area contributed by atoms with Crippen LogP contribution in [0.2, 0.25) is 0 Å². The molecule has 0 saturated carbocycles. The summed E-state index contributed by atoms with van der Waals surface area (Å²) in [5, 5.41) is 8.19. The van der Waals surface area contributed by atoms with E-state index in [9.17, 15) is 0 Å². The summed E-state index contributed by atoms with van der Waals surface area (Å²) in [5.41, 5.74) is 2.78. The first-order chi connectivity index (χ1) is 9.13. The topological polar surface area (TPSA) is 39.1 Å². The minimum absolute atomic E-state index is 0.413. The summed E-state index contributed by atoms with van der Waals surface area (Å²) in [7, 11) is 2.04. The molecule has 0 spiro atoms. The fourth-order valence-corrected chi connectivity index (χ4v) is 2.82. The second-order valence-electron chi connectivity index (χ2n) is 5.79. The second kappa shape index (κ2) is 6.53. The van der Waals surface area contributed by atoms with Gasteiger partial charge in [-0.15, -0.1) is 0 Å². The van der Waals surface area contributed by atoms with Crippen LogP contribution < -0.4 is 5.32 Å². The van der Waals surface area contributed by atoms with Crippen LogP contribution in [-0.2, 0) is 18.2 Å². The maximum atomic E-state index is 5.61. The van der Waals surface area contributed by atoms with Crippen molar-refractivity contribution in [3.63, 3.8) is 0 Å². The zero-order valence-corrected chi connectivity index (χ0v) is 12.6. The number of aryl methyl sites for hydroxylation is 1. The van der Waals surface area contributed by atoms with Gasteiger partial charge in [0.05, 0.1) is 12.8 Å². The Kier molecular flexibility index (Phi) is 4.99. The van der Waals surface area contributed by atoms with Crippen LogP contribution in [0.1, 0.15) is 50.9 Å². The van der Waals surface area contributed by atoms with Crippen LogP contribution in [0.4, 0.5) is 0 Å². The number of fused-ring (bicyclic) bond motifs is 1. The minimum atomic E-state index is 0.413. The molecule has 2 rings (SSSR count). The fraction of sp³-hybridized carbons (Fsp3) is 0.800. The zero-order valence-electron chi connectivity index (χ0n) is 12.6. The molecule has 108 valence electrons. The molecule has 0 aliphatic heterocycles. The Morgan fingerprint density at radius 1 is 1.53 bits per heavy atom. The third kappa shape index (κ3) is 3.37. The summed E-state index contributed by atoms with van der Waals surface area (Å²) in [6.45, 7) is 8.14. The number of nitrogens with one attached hydrogen (secondary N) is 1. The smallest absolute Gasteiger partial charge is 0.0622 e. The van der Waals surface area contributed by atoms with Crippen molar-refractivity contribution in [3.8, 4) is 0 Å². The molecule has 4 nitrogen and oxygen atoms in total. The third-order valence-electron chi connectivity index (χ3n) is 4.10. The SMILES string of the molecule is CCOCC(NC1CCCc2c1cnn2C)C(C)C. The van der Waals surface area contributed by atoms with E-state index < -0.39 is 0 Å². The molecule has 1 aliphatic carbocycles. The first kappa shape index (κ1) is 14.5. The zero-order chi connectivity index (χ0) is 13.8. The molecule has 1 aromatic heterocycles. The highest BCUT2D eigenvalue weighted by atomic mass is 16.5. The lowest BCUT2D eigenvalue weighted by Crippen LogP contribution is -2.41. The molecule has 19 heavy (non-hydrogen) atoms. The molecular weight excluding hydrogens is 238 g/mol. The summed E-state index contributed by atoms with van der Waals surface area (Å²) in [5.74, 6) is 0.577. The summed E-state index contributed by atoms with van der Waals surface area (Å²) < 4.78 is 7.63. The van der Waals surface area contributed by atoms with Crippen LogP contribution in [0.5, 0.6) is 0 Å². The lowest BCUT2D eigenvalue weighted by atomic mass is 9.91. The average molecular weight is 265 g/mol. The first-order valence-corrected chi connectivity index (χ1v) is 7.48.